The Morgan fingerprint density at radius 3 is 2.39 bits per heavy atom. The van der Waals surface area contributed by atoms with E-state index in [1.807, 2.05) is 19.1 Å². The van der Waals surface area contributed by atoms with E-state index in [9.17, 15) is 4.79 Å². The number of amides is 1. The molecule has 0 aliphatic rings. The highest BCUT2D eigenvalue weighted by molar-refractivity contribution is 6.03. The summed E-state index contributed by atoms with van der Waals surface area (Å²) in [6.45, 7) is 1.96. The van der Waals surface area contributed by atoms with Gasteiger partial charge in [-0.25, -0.2) is 0 Å². The van der Waals surface area contributed by atoms with E-state index in [2.05, 4.69) is 15.5 Å². The van der Waals surface area contributed by atoms with Gasteiger partial charge in [-0.1, -0.05) is 22.8 Å². The van der Waals surface area contributed by atoms with Gasteiger partial charge in [0, 0.05) is 11.1 Å². The highest BCUT2D eigenvalue weighted by atomic mass is 16.5. The molecule has 3 rings (SSSR count). The first-order chi connectivity index (χ1) is 11.2. The molecule has 0 fully saturated rings. The molecule has 23 heavy (non-hydrogen) atoms. The Balaban J connectivity index is 1.73. The van der Waals surface area contributed by atoms with Gasteiger partial charge in [-0.3, -0.25) is 10.1 Å². The summed E-state index contributed by atoms with van der Waals surface area (Å²) >= 11 is 0. The number of ether oxygens (including phenoxy) is 1. The first-order valence-corrected chi connectivity index (χ1v) is 7.01. The summed E-state index contributed by atoms with van der Waals surface area (Å²) in [4.78, 5) is 12.1. The van der Waals surface area contributed by atoms with E-state index in [0.29, 0.717) is 11.5 Å². The van der Waals surface area contributed by atoms with Gasteiger partial charge in [0.2, 0.25) is 5.89 Å². The number of carbonyl (C=O) groups is 1. The number of anilines is 1. The molecule has 0 radical (unpaired) electrons. The molecule has 6 nitrogen and oxygen atoms in total. The lowest BCUT2D eigenvalue weighted by atomic mass is 10.1. The zero-order valence-corrected chi connectivity index (χ0v) is 12.7. The van der Waals surface area contributed by atoms with E-state index < -0.39 is 0 Å². The van der Waals surface area contributed by atoms with Crippen LogP contribution in [0.15, 0.2) is 52.9 Å². The summed E-state index contributed by atoms with van der Waals surface area (Å²) in [5.41, 5.74) is 2.36. The Kier molecular flexibility index (Phi) is 4.05. The molecule has 2 aromatic carbocycles. The molecule has 0 saturated carbocycles. The first kappa shape index (κ1) is 14.8. The van der Waals surface area contributed by atoms with Crippen LogP contribution in [-0.4, -0.2) is 23.2 Å². The molecule has 3 aromatic rings. The number of nitrogens with one attached hydrogen (secondary N) is 1. The molecule has 0 saturated heterocycles. The number of methoxy groups -OCH3 is 1. The predicted molar refractivity (Wildman–Crippen MR) is 85.4 cm³/mol. The van der Waals surface area contributed by atoms with Crippen LogP contribution in [0.2, 0.25) is 0 Å². The monoisotopic (exact) mass is 309 g/mol. The van der Waals surface area contributed by atoms with Crippen molar-refractivity contribution in [3.05, 3.63) is 59.7 Å². The van der Waals surface area contributed by atoms with Gasteiger partial charge in [0.05, 0.1) is 7.11 Å². The molecular weight excluding hydrogens is 294 g/mol. The zero-order chi connectivity index (χ0) is 16.2. The molecule has 0 bridgehead atoms. The highest BCUT2D eigenvalue weighted by Crippen LogP contribution is 2.22. The largest absolute Gasteiger partial charge is 0.497 e. The van der Waals surface area contributed by atoms with Gasteiger partial charge in [0.25, 0.3) is 5.91 Å². The number of benzene rings is 2. The average Bonchev–Trinajstić information content (AvgIpc) is 3.04. The van der Waals surface area contributed by atoms with Crippen LogP contribution in [0.4, 0.5) is 6.01 Å². The smallest absolute Gasteiger partial charge is 0.322 e. The quantitative estimate of drug-likeness (QED) is 0.800. The van der Waals surface area contributed by atoms with Crippen LogP contribution in [0.3, 0.4) is 0 Å². The summed E-state index contributed by atoms with van der Waals surface area (Å²) in [6, 6.07) is 14.5. The van der Waals surface area contributed by atoms with Crippen molar-refractivity contribution >= 4 is 11.9 Å². The second kappa shape index (κ2) is 6.31. The molecule has 0 unspecified atom stereocenters. The lowest BCUT2D eigenvalue weighted by Gasteiger charge is -2.01. The maximum atomic E-state index is 12.1. The van der Waals surface area contributed by atoms with Crippen molar-refractivity contribution in [2.75, 3.05) is 12.4 Å². The molecule has 0 atom stereocenters. The van der Waals surface area contributed by atoms with Gasteiger partial charge in [-0.2, -0.15) is 0 Å². The van der Waals surface area contributed by atoms with Crippen LogP contribution >= 0.6 is 0 Å². The molecule has 0 aliphatic heterocycles. The molecule has 0 spiro atoms. The maximum absolute atomic E-state index is 12.1. The second-order valence-electron chi connectivity index (χ2n) is 4.96. The summed E-state index contributed by atoms with van der Waals surface area (Å²) in [5.74, 6) is 0.767. The third-order valence-corrected chi connectivity index (χ3v) is 3.30. The Morgan fingerprint density at radius 2 is 1.74 bits per heavy atom. The molecule has 116 valence electrons. The van der Waals surface area contributed by atoms with E-state index in [1.165, 1.54) is 0 Å². The third kappa shape index (κ3) is 3.37. The van der Waals surface area contributed by atoms with Crippen molar-refractivity contribution in [2.45, 2.75) is 6.92 Å². The van der Waals surface area contributed by atoms with Crippen LogP contribution < -0.4 is 10.1 Å². The summed E-state index contributed by atoms with van der Waals surface area (Å²) in [6.07, 6.45) is 0. The molecule has 1 amide bonds. The Labute approximate surface area is 133 Å². The second-order valence-corrected chi connectivity index (χ2v) is 4.96. The summed E-state index contributed by atoms with van der Waals surface area (Å²) < 4.78 is 10.6. The van der Waals surface area contributed by atoms with Gasteiger partial charge in [-0.05, 0) is 43.3 Å². The molecular formula is C17H15N3O3. The van der Waals surface area contributed by atoms with Gasteiger partial charge in [-0.15, -0.1) is 5.10 Å². The van der Waals surface area contributed by atoms with Crippen molar-refractivity contribution in [1.29, 1.82) is 0 Å². The predicted octanol–water partition coefficient (Wildman–Crippen LogP) is 3.31. The van der Waals surface area contributed by atoms with Crippen molar-refractivity contribution in [3.8, 4) is 17.2 Å². The number of carbonyl (C=O) groups excluding carboxylic acids is 1. The molecule has 1 N–H and O–H groups in total. The number of hydrogen-bond donors (Lipinski definition) is 1. The standard InChI is InChI=1S/C17H15N3O3/c1-11-3-5-12(6-4-11)15(21)18-17-20-19-16(23-17)13-7-9-14(22-2)10-8-13/h3-10H,1-2H3,(H,18,20,21). The van der Waals surface area contributed by atoms with E-state index >= 15 is 0 Å². The van der Waals surface area contributed by atoms with Crippen LogP contribution in [0, 0.1) is 6.92 Å². The molecule has 1 aromatic heterocycles. The van der Waals surface area contributed by atoms with Gasteiger partial charge >= 0.3 is 6.01 Å². The van der Waals surface area contributed by atoms with E-state index in [1.54, 1.807) is 43.5 Å². The van der Waals surface area contributed by atoms with Gasteiger partial charge in [0.1, 0.15) is 5.75 Å². The number of aryl methyl sites for hydroxylation is 1. The van der Waals surface area contributed by atoms with E-state index in [-0.39, 0.29) is 11.9 Å². The lowest BCUT2D eigenvalue weighted by Crippen LogP contribution is -2.11. The molecule has 0 aliphatic carbocycles. The number of aromatic nitrogens is 2. The average molecular weight is 309 g/mol. The Morgan fingerprint density at radius 1 is 1.04 bits per heavy atom. The first-order valence-electron chi connectivity index (χ1n) is 7.01. The Bertz CT molecular complexity index is 808. The fraction of sp³-hybridized carbons (Fsp3) is 0.118. The minimum Gasteiger partial charge on any atom is -0.497 e. The lowest BCUT2D eigenvalue weighted by molar-refractivity contribution is 0.102. The van der Waals surface area contributed by atoms with Crippen molar-refractivity contribution in [3.63, 3.8) is 0 Å². The van der Waals surface area contributed by atoms with Gasteiger partial charge in [0.15, 0.2) is 0 Å². The van der Waals surface area contributed by atoms with Crippen LogP contribution in [0.25, 0.3) is 11.5 Å². The van der Waals surface area contributed by atoms with Crippen LogP contribution in [0.5, 0.6) is 5.75 Å². The molecule has 1 heterocycles. The fourth-order valence-corrected chi connectivity index (χ4v) is 2.00. The van der Waals surface area contributed by atoms with Crippen LogP contribution in [0.1, 0.15) is 15.9 Å². The van der Waals surface area contributed by atoms with E-state index in [0.717, 1.165) is 16.9 Å². The topological polar surface area (TPSA) is 77.3 Å². The minimum absolute atomic E-state index is 0.0568. The number of nitrogens with zero attached hydrogens (tertiary/aromatic N) is 2. The van der Waals surface area contributed by atoms with Crippen LogP contribution in [-0.2, 0) is 0 Å². The summed E-state index contributed by atoms with van der Waals surface area (Å²) in [5, 5.41) is 10.4. The highest BCUT2D eigenvalue weighted by Gasteiger charge is 2.12. The normalized spacial score (nSPS) is 10.3. The van der Waals surface area contributed by atoms with Gasteiger partial charge < -0.3 is 9.15 Å². The fourth-order valence-electron chi connectivity index (χ4n) is 2.00. The number of hydrogen-bond acceptors (Lipinski definition) is 5. The Hall–Kier alpha value is -3.15. The van der Waals surface area contributed by atoms with Crippen molar-refractivity contribution in [2.24, 2.45) is 0 Å². The third-order valence-electron chi connectivity index (χ3n) is 3.30. The molecule has 6 heteroatoms. The van der Waals surface area contributed by atoms with E-state index in [4.69, 9.17) is 9.15 Å². The maximum Gasteiger partial charge on any atom is 0.322 e. The number of rotatable bonds is 4. The summed E-state index contributed by atoms with van der Waals surface area (Å²) in [7, 11) is 1.60. The van der Waals surface area contributed by atoms with Crippen molar-refractivity contribution < 1.29 is 13.9 Å². The SMILES string of the molecule is COc1ccc(-c2nnc(NC(=O)c3ccc(C)cc3)o2)cc1. The zero-order valence-electron chi connectivity index (χ0n) is 12.7. The minimum atomic E-state index is -0.296. The van der Waals surface area contributed by atoms with Crippen molar-refractivity contribution in [1.82, 2.24) is 10.2 Å².